The van der Waals surface area contributed by atoms with Crippen molar-refractivity contribution in [3.63, 3.8) is 0 Å². The number of likely N-dealkylation sites (tertiary alicyclic amines) is 1. The SMILES string of the molecule is CC1CN(C(=O)C2CCN(C(=O)c3cc([N+](=O)[O-])ccc3Oc3ccccc3)CC2)CC(C)O1. The highest BCUT2D eigenvalue weighted by Gasteiger charge is 2.34. The number of non-ortho nitro benzene ring substituents is 1. The van der Waals surface area contributed by atoms with Crippen LogP contribution in [0, 0.1) is 16.0 Å². The van der Waals surface area contributed by atoms with Gasteiger partial charge < -0.3 is 19.3 Å². The molecule has 0 bridgehead atoms. The lowest BCUT2D eigenvalue weighted by molar-refractivity contribution is -0.384. The van der Waals surface area contributed by atoms with Crippen LogP contribution in [0.5, 0.6) is 11.5 Å². The number of hydrogen-bond acceptors (Lipinski definition) is 6. The van der Waals surface area contributed by atoms with Gasteiger partial charge in [0.15, 0.2) is 0 Å². The summed E-state index contributed by atoms with van der Waals surface area (Å²) in [4.78, 5) is 40.7. The van der Waals surface area contributed by atoms with Crippen LogP contribution in [-0.2, 0) is 9.53 Å². The molecule has 0 N–H and O–H groups in total. The quantitative estimate of drug-likeness (QED) is 0.489. The number of benzene rings is 2. The van der Waals surface area contributed by atoms with Crippen LogP contribution in [0.4, 0.5) is 5.69 Å². The summed E-state index contributed by atoms with van der Waals surface area (Å²) < 4.78 is 11.6. The molecule has 180 valence electrons. The van der Waals surface area contributed by atoms with E-state index < -0.39 is 4.92 Å². The minimum absolute atomic E-state index is 0.00581. The Kier molecular flexibility index (Phi) is 7.12. The predicted molar refractivity (Wildman–Crippen MR) is 125 cm³/mol. The molecule has 2 aromatic carbocycles. The van der Waals surface area contributed by atoms with E-state index >= 15 is 0 Å². The number of nitro benzene ring substituents is 1. The number of rotatable bonds is 5. The van der Waals surface area contributed by atoms with Gasteiger partial charge in [0.05, 0.1) is 22.7 Å². The van der Waals surface area contributed by atoms with Gasteiger partial charge in [0, 0.05) is 44.2 Å². The summed E-state index contributed by atoms with van der Waals surface area (Å²) in [5, 5.41) is 11.3. The molecule has 9 heteroatoms. The van der Waals surface area contributed by atoms with Crippen molar-refractivity contribution in [2.75, 3.05) is 26.2 Å². The first-order chi connectivity index (χ1) is 16.3. The first-order valence-electron chi connectivity index (χ1n) is 11.6. The summed E-state index contributed by atoms with van der Waals surface area (Å²) in [6, 6.07) is 13.0. The zero-order valence-electron chi connectivity index (χ0n) is 19.4. The van der Waals surface area contributed by atoms with Gasteiger partial charge >= 0.3 is 0 Å². The molecule has 2 amide bonds. The van der Waals surface area contributed by atoms with Crippen molar-refractivity contribution >= 4 is 17.5 Å². The molecule has 0 aromatic heterocycles. The molecule has 0 radical (unpaired) electrons. The largest absolute Gasteiger partial charge is 0.457 e. The van der Waals surface area contributed by atoms with Gasteiger partial charge in [0.1, 0.15) is 11.5 Å². The van der Waals surface area contributed by atoms with Crippen molar-refractivity contribution in [2.45, 2.75) is 38.9 Å². The lowest BCUT2D eigenvalue weighted by Crippen LogP contribution is -2.51. The Morgan fingerprint density at radius 1 is 1.00 bits per heavy atom. The summed E-state index contributed by atoms with van der Waals surface area (Å²) in [7, 11) is 0. The summed E-state index contributed by atoms with van der Waals surface area (Å²) in [6.07, 6.45) is 1.11. The fraction of sp³-hybridized carbons (Fsp3) is 0.440. The molecule has 0 saturated carbocycles. The third kappa shape index (κ3) is 5.36. The van der Waals surface area contributed by atoms with Crippen molar-refractivity contribution in [3.8, 4) is 11.5 Å². The highest BCUT2D eigenvalue weighted by atomic mass is 16.6. The zero-order chi connectivity index (χ0) is 24.2. The van der Waals surface area contributed by atoms with Crippen LogP contribution >= 0.6 is 0 Å². The molecule has 9 nitrogen and oxygen atoms in total. The first kappa shape index (κ1) is 23.7. The highest BCUT2D eigenvalue weighted by Crippen LogP contribution is 2.31. The Hall–Kier alpha value is -3.46. The van der Waals surface area contributed by atoms with Gasteiger partial charge in [-0.3, -0.25) is 19.7 Å². The summed E-state index contributed by atoms with van der Waals surface area (Å²) >= 11 is 0. The van der Waals surface area contributed by atoms with E-state index in [9.17, 15) is 19.7 Å². The zero-order valence-corrected chi connectivity index (χ0v) is 19.4. The third-order valence-corrected chi connectivity index (χ3v) is 6.24. The molecule has 2 fully saturated rings. The lowest BCUT2D eigenvalue weighted by Gasteiger charge is -2.39. The van der Waals surface area contributed by atoms with Gasteiger partial charge in [-0.05, 0) is 44.9 Å². The Bertz CT molecular complexity index is 1040. The normalized spacial score (nSPS) is 21.2. The molecule has 2 heterocycles. The second-order valence-electron chi connectivity index (χ2n) is 8.92. The van der Waals surface area contributed by atoms with Crippen molar-refractivity contribution in [1.82, 2.24) is 9.80 Å². The summed E-state index contributed by atoms with van der Waals surface area (Å²) in [5.74, 6) is 0.415. The molecule has 2 atom stereocenters. The molecule has 34 heavy (non-hydrogen) atoms. The third-order valence-electron chi connectivity index (χ3n) is 6.24. The molecule has 0 spiro atoms. The standard InChI is InChI=1S/C25H29N3O6/c1-17-15-27(16-18(2)33-17)24(29)19-10-12-26(13-11-19)25(30)22-14-20(28(31)32)8-9-23(22)34-21-6-4-3-5-7-21/h3-9,14,17-19H,10-13,15-16H2,1-2H3. The number of nitrogens with zero attached hydrogens (tertiary/aromatic N) is 3. The molecule has 2 saturated heterocycles. The Morgan fingerprint density at radius 2 is 1.65 bits per heavy atom. The van der Waals surface area contributed by atoms with Crippen LogP contribution in [0.3, 0.4) is 0 Å². The minimum Gasteiger partial charge on any atom is -0.457 e. The van der Waals surface area contributed by atoms with Crippen molar-refractivity contribution < 1.29 is 24.0 Å². The maximum atomic E-state index is 13.4. The predicted octanol–water partition coefficient (Wildman–Crippen LogP) is 3.88. The Balaban J connectivity index is 1.46. The van der Waals surface area contributed by atoms with E-state index in [-0.39, 0.29) is 46.9 Å². The van der Waals surface area contributed by atoms with Crippen molar-refractivity contribution in [3.05, 3.63) is 64.2 Å². The fourth-order valence-electron chi connectivity index (χ4n) is 4.62. The molecule has 4 rings (SSSR count). The highest BCUT2D eigenvalue weighted by molar-refractivity contribution is 5.98. The number of carbonyl (C=O) groups excluding carboxylic acids is 2. The van der Waals surface area contributed by atoms with Crippen LogP contribution in [-0.4, -0.2) is 64.9 Å². The second-order valence-corrected chi connectivity index (χ2v) is 8.92. The van der Waals surface area contributed by atoms with Gasteiger partial charge in [0.2, 0.25) is 5.91 Å². The molecular formula is C25H29N3O6. The molecule has 2 aromatic rings. The van der Waals surface area contributed by atoms with E-state index in [1.54, 1.807) is 29.2 Å². The van der Waals surface area contributed by atoms with Crippen LogP contribution in [0.2, 0.25) is 0 Å². The van der Waals surface area contributed by atoms with E-state index in [0.717, 1.165) is 0 Å². The van der Waals surface area contributed by atoms with Crippen LogP contribution in [0.25, 0.3) is 0 Å². The van der Waals surface area contributed by atoms with Crippen molar-refractivity contribution in [2.24, 2.45) is 5.92 Å². The van der Waals surface area contributed by atoms with E-state index in [1.165, 1.54) is 18.2 Å². The molecule has 0 aliphatic carbocycles. The van der Waals surface area contributed by atoms with E-state index in [0.29, 0.717) is 44.8 Å². The molecule has 2 unspecified atom stereocenters. The van der Waals surface area contributed by atoms with Gasteiger partial charge in [-0.25, -0.2) is 0 Å². The van der Waals surface area contributed by atoms with Crippen molar-refractivity contribution in [1.29, 1.82) is 0 Å². The van der Waals surface area contributed by atoms with Gasteiger partial charge in [0.25, 0.3) is 11.6 Å². The number of piperidine rings is 1. The smallest absolute Gasteiger partial charge is 0.270 e. The lowest BCUT2D eigenvalue weighted by atomic mass is 9.94. The number of ether oxygens (including phenoxy) is 2. The monoisotopic (exact) mass is 467 g/mol. The number of hydrogen-bond donors (Lipinski definition) is 0. The number of para-hydroxylation sites is 1. The van der Waals surface area contributed by atoms with Gasteiger partial charge in [-0.2, -0.15) is 0 Å². The Morgan fingerprint density at radius 3 is 2.26 bits per heavy atom. The second kappa shape index (κ2) is 10.2. The van der Waals surface area contributed by atoms with E-state index in [4.69, 9.17) is 9.47 Å². The average Bonchev–Trinajstić information content (AvgIpc) is 2.83. The summed E-state index contributed by atoms with van der Waals surface area (Å²) in [6.45, 7) is 5.89. The molecule has 2 aliphatic rings. The number of amides is 2. The van der Waals surface area contributed by atoms with Gasteiger partial charge in [-0.1, -0.05) is 18.2 Å². The van der Waals surface area contributed by atoms with E-state index in [2.05, 4.69) is 0 Å². The maximum Gasteiger partial charge on any atom is 0.270 e. The van der Waals surface area contributed by atoms with Crippen LogP contribution in [0.1, 0.15) is 37.0 Å². The molecular weight excluding hydrogens is 438 g/mol. The van der Waals surface area contributed by atoms with Gasteiger partial charge in [-0.15, -0.1) is 0 Å². The average molecular weight is 468 g/mol. The molecule has 2 aliphatic heterocycles. The number of nitro groups is 1. The topological polar surface area (TPSA) is 102 Å². The number of carbonyl (C=O) groups is 2. The van der Waals surface area contributed by atoms with Crippen LogP contribution in [0.15, 0.2) is 48.5 Å². The minimum atomic E-state index is -0.529. The maximum absolute atomic E-state index is 13.4. The Labute approximate surface area is 198 Å². The summed E-state index contributed by atoms with van der Waals surface area (Å²) in [5.41, 5.74) is -0.0389. The van der Waals surface area contributed by atoms with Crippen LogP contribution < -0.4 is 4.74 Å². The van der Waals surface area contributed by atoms with E-state index in [1.807, 2.05) is 24.8 Å². The number of morpholine rings is 1. The first-order valence-corrected chi connectivity index (χ1v) is 11.6. The fourth-order valence-corrected chi connectivity index (χ4v) is 4.62.